The maximum absolute atomic E-state index is 5.89. The summed E-state index contributed by atoms with van der Waals surface area (Å²) in [5, 5.41) is 3.78. The molecule has 1 fully saturated rings. The number of aliphatic imine (C=N–C) groups is 1. The molecule has 14 heavy (non-hydrogen) atoms. The van der Waals surface area contributed by atoms with Crippen LogP contribution in [0.4, 0.5) is 0 Å². The molecule has 0 radical (unpaired) electrons. The molecule has 2 rings (SSSR count). The molecule has 1 saturated carbocycles. The normalized spacial score (nSPS) is 19.0. The zero-order valence-electron chi connectivity index (χ0n) is 8.15. The lowest BCUT2D eigenvalue weighted by atomic mass is 10.1. The van der Waals surface area contributed by atoms with Crippen molar-refractivity contribution in [3.05, 3.63) is 18.0 Å². The van der Waals surface area contributed by atoms with E-state index in [0.717, 1.165) is 11.5 Å². The summed E-state index contributed by atoms with van der Waals surface area (Å²) in [6.07, 6.45) is 6.49. The van der Waals surface area contributed by atoms with Crippen LogP contribution >= 0.6 is 0 Å². The van der Waals surface area contributed by atoms with Gasteiger partial charge in [0.25, 0.3) is 0 Å². The highest BCUT2D eigenvalue weighted by Gasteiger charge is 2.18. The van der Waals surface area contributed by atoms with E-state index in [9.17, 15) is 0 Å². The first-order valence-electron chi connectivity index (χ1n) is 5.05. The van der Waals surface area contributed by atoms with E-state index in [0.29, 0.717) is 12.5 Å². The van der Waals surface area contributed by atoms with E-state index in [4.69, 9.17) is 10.3 Å². The van der Waals surface area contributed by atoms with Crippen molar-refractivity contribution in [1.29, 1.82) is 0 Å². The molecular formula is C10H15N3O. The molecule has 1 heterocycles. The van der Waals surface area contributed by atoms with Crippen molar-refractivity contribution in [3.63, 3.8) is 0 Å². The average Bonchev–Trinajstić information content (AvgIpc) is 2.87. The Labute approximate surface area is 83.2 Å². The lowest BCUT2D eigenvalue weighted by molar-refractivity contribution is 0.412. The van der Waals surface area contributed by atoms with Crippen LogP contribution in [-0.2, 0) is 6.54 Å². The Morgan fingerprint density at radius 1 is 1.57 bits per heavy atom. The maximum Gasteiger partial charge on any atom is 0.124 e. The molecule has 0 aliphatic heterocycles. The van der Waals surface area contributed by atoms with E-state index in [-0.39, 0.29) is 0 Å². The van der Waals surface area contributed by atoms with Gasteiger partial charge in [-0.2, -0.15) is 0 Å². The molecule has 0 spiro atoms. The molecule has 0 amide bonds. The topological polar surface area (TPSA) is 64.4 Å². The lowest BCUT2D eigenvalue weighted by Crippen LogP contribution is -2.21. The van der Waals surface area contributed by atoms with Crippen molar-refractivity contribution in [1.82, 2.24) is 5.16 Å². The number of rotatable bonds is 3. The minimum atomic E-state index is 0.502. The van der Waals surface area contributed by atoms with Gasteiger partial charge in [0.2, 0.25) is 0 Å². The van der Waals surface area contributed by atoms with Gasteiger partial charge in [-0.25, -0.2) is 0 Å². The lowest BCUT2D eigenvalue weighted by Gasteiger charge is -2.06. The second-order valence-corrected chi connectivity index (χ2v) is 3.71. The van der Waals surface area contributed by atoms with E-state index in [1.54, 1.807) is 6.26 Å². The summed E-state index contributed by atoms with van der Waals surface area (Å²) in [6, 6.07) is 1.81. The number of nitrogens with two attached hydrogens (primary N) is 1. The second kappa shape index (κ2) is 4.26. The van der Waals surface area contributed by atoms with Crippen LogP contribution in [0.3, 0.4) is 0 Å². The van der Waals surface area contributed by atoms with Gasteiger partial charge in [-0.05, 0) is 12.8 Å². The van der Waals surface area contributed by atoms with E-state index in [1.165, 1.54) is 25.7 Å². The van der Waals surface area contributed by atoms with Gasteiger partial charge in [0.1, 0.15) is 12.0 Å². The Morgan fingerprint density at radius 2 is 2.36 bits per heavy atom. The van der Waals surface area contributed by atoms with Gasteiger partial charge in [0.15, 0.2) is 0 Å². The van der Waals surface area contributed by atoms with E-state index in [1.807, 2.05) is 6.07 Å². The summed E-state index contributed by atoms with van der Waals surface area (Å²) in [6.45, 7) is 0.541. The fourth-order valence-corrected chi connectivity index (χ4v) is 1.84. The van der Waals surface area contributed by atoms with E-state index >= 15 is 0 Å². The van der Waals surface area contributed by atoms with Crippen LogP contribution < -0.4 is 5.73 Å². The van der Waals surface area contributed by atoms with Crippen LogP contribution in [0.15, 0.2) is 21.8 Å². The molecule has 1 aromatic heterocycles. The summed E-state index contributed by atoms with van der Waals surface area (Å²) >= 11 is 0. The Kier molecular flexibility index (Phi) is 2.81. The molecule has 1 aliphatic carbocycles. The molecule has 0 bridgehead atoms. The van der Waals surface area contributed by atoms with Crippen LogP contribution in [0.25, 0.3) is 0 Å². The Hall–Kier alpha value is -1.32. The number of hydrogen-bond acceptors (Lipinski definition) is 3. The molecule has 76 valence electrons. The minimum Gasteiger partial charge on any atom is -0.387 e. The smallest absolute Gasteiger partial charge is 0.124 e. The van der Waals surface area contributed by atoms with Crippen molar-refractivity contribution < 1.29 is 4.52 Å². The zero-order valence-corrected chi connectivity index (χ0v) is 8.15. The molecule has 0 atom stereocenters. The predicted octanol–water partition coefficient (Wildman–Crippen LogP) is 1.72. The largest absolute Gasteiger partial charge is 0.387 e. The molecule has 4 nitrogen and oxygen atoms in total. The second-order valence-electron chi connectivity index (χ2n) is 3.71. The third-order valence-electron chi connectivity index (χ3n) is 2.69. The molecule has 4 heteroatoms. The highest BCUT2D eigenvalue weighted by molar-refractivity contribution is 5.83. The van der Waals surface area contributed by atoms with Crippen molar-refractivity contribution in [2.24, 2.45) is 16.6 Å². The third-order valence-corrected chi connectivity index (χ3v) is 2.69. The van der Waals surface area contributed by atoms with Gasteiger partial charge in [-0.3, -0.25) is 4.99 Å². The minimum absolute atomic E-state index is 0.502. The van der Waals surface area contributed by atoms with Gasteiger partial charge >= 0.3 is 0 Å². The Bertz CT molecular complexity index is 299. The molecule has 1 aromatic rings. The zero-order chi connectivity index (χ0) is 9.80. The predicted molar refractivity (Wildman–Crippen MR) is 53.8 cm³/mol. The van der Waals surface area contributed by atoms with Crippen LogP contribution in [0.1, 0.15) is 31.4 Å². The van der Waals surface area contributed by atoms with E-state index in [2.05, 4.69) is 10.1 Å². The Morgan fingerprint density at radius 3 is 3.00 bits per heavy atom. The van der Waals surface area contributed by atoms with Crippen LogP contribution in [0.2, 0.25) is 0 Å². The van der Waals surface area contributed by atoms with E-state index < -0.39 is 0 Å². The highest BCUT2D eigenvalue weighted by atomic mass is 16.5. The standard InChI is InChI=1S/C10H15N3O/c11-10(8-3-1-2-4-8)12-7-9-5-6-14-13-9/h5-6,8H,1-4,7H2,(H2,11,12). The average molecular weight is 193 g/mol. The fraction of sp³-hybridized carbons (Fsp3) is 0.600. The Balaban J connectivity index is 1.90. The van der Waals surface area contributed by atoms with Gasteiger partial charge in [-0.1, -0.05) is 18.0 Å². The van der Waals surface area contributed by atoms with Crippen molar-refractivity contribution in [2.75, 3.05) is 0 Å². The molecule has 0 saturated heterocycles. The van der Waals surface area contributed by atoms with Gasteiger partial charge < -0.3 is 10.3 Å². The first kappa shape index (κ1) is 9.24. The van der Waals surface area contributed by atoms with Crippen LogP contribution in [0, 0.1) is 5.92 Å². The van der Waals surface area contributed by atoms with Gasteiger partial charge in [0.05, 0.1) is 12.4 Å². The van der Waals surface area contributed by atoms with Crippen LogP contribution in [-0.4, -0.2) is 11.0 Å². The van der Waals surface area contributed by atoms with Gasteiger partial charge in [0, 0.05) is 12.0 Å². The fourth-order valence-electron chi connectivity index (χ4n) is 1.84. The number of hydrogen-bond donors (Lipinski definition) is 1. The van der Waals surface area contributed by atoms with Gasteiger partial charge in [-0.15, -0.1) is 0 Å². The third kappa shape index (κ3) is 2.13. The molecular weight excluding hydrogens is 178 g/mol. The highest BCUT2D eigenvalue weighted by Crippen LogP contribution is 2.24. The molecule has 1 aliphatic rings. The maximum atomic E-state index is 5.89. The van der Waals surface area contributed by atoms with Crippen LogP contribution in [0.5, 0.6) is 0 Å². The number of amidine groups is 1. The summed E-state index contributed by atoms with van der Waals surface area (Å²) in [7, 11) is 0. The first-order valence-corrected chi connectivity index (χ1v) is 5.05. The molecule has 0 aromatic carbocycles. The summed E-state index contributed by atoms with van der Waals surface area (Å²) < 4.78 is 4.71. The monoisotopic (exact) mass is 193 g/mol. The SMILES string of the molecule is NC(=NCc1ccon1)C1CCCC1. The van der Waals surface area contributed by atoms with Crippen molar-refractivity contribution >= 4 is 5.84 Å². The first-order chi connectivity index (χ1) is 6.86. The number of nitrogens with zero attached hydrogens (tertiary/aromatic N) is 2. The number of aromatic nitrogens is 1. The summed E-state index contributed by atoms with van der Waals surface area (Å²) in [4.78, 5) is 4.32. The van der Waals surface area contributed by atoms with Crippen molar-refractivity contribution in [3.8, 4) is 0 Å². The molecule has 0 unspecified atom stereocenters. The summed E-state index contributed by atoms with van der Waals surface area (Å²) in [5.74, 6) is 1.28. The molecule has 2 N–H and O–H groups in total. The summed E-state index contributed by atoms with van der Waals surface area (Å²) in [5.41, 5.74) is 6.73. The quantitative estimate of drug-likeness (QED) is 0.587. The van der Waals surface area contributed by atoms with Crippen molar-refractivity contribution in [2.45, 2.75) is 32.2 Å².